The van der Waals surface area contributed by atoms with E-state index in [1.54, 1.807) is 24.3 Å². The van der Waals surface area contributed by atoms with Gasteiger partial charge in [-0.2, -0.15) is 0 Å². The predicted molar refractivity (Wildman–Crippen MR) is 86.0 cm³/mol. The van der Waals surface area contributed by atoms with E-state index in [1.807, 2.05) is 0 Å². The summed E-state index contributed by atoms with van der Waals surface area (Å²) in [5.74, 6) is -0.354. The minimum absolute atomic E-state index is 0.0787. The van der Waals surface area contributed by atoms with Gasteiger partial charge < -0.3 is 31.1 Å². The molecule has 2 heterocycles. The molecule has 0 radical (unpaired) electrons. The molecule has 6 nitrogen and oxygen atoms in total. The van der Waals surface area contributed by atoms with E-state index in [1.165, 1.54) is 0 Å². The summed E-state index contributed by atoms with van der Waals surface area (Å²) in [4.78, 5) is 0. The van der Waals surface area contributed by atoms with Crippen molar-refractivity contribution < 1.29 is 31.1 Å². The lowest BCUT2D eigenvalue weighted by molar-refractivity contribution is -0.788. The zero-order chi connectivity index (χ0) is 16.8. The first kappa shape index (κ1) is 15.1. The van der Waals surface area contributed by atoms with Gasteiger partial charge in [0, 0.05) is 24.0 Å². The second kappa shape index (κ2) is 5.58. The summed E-state index contributed by atoms with van der Waals surface area (Å²) in [6, 6.07) is 6.80. The van der Waals surface area contributed by atoms with Crippen LogP contribution in [0.4, 0.5) is 0 Å². The summed E-state index contributed by atoms with van der Waals surface area (Å²) < 4.78 is 0. The van der Waals surface area contributed by atoms with E-state index in [4.69, 9.17) is 0 Å². The largest absolute Gasteiger partial charge is 0.504 e. The third-order valence-corrected chi connectivity index (χ3v) is 5.25. The lowest BCUT2D eigenvalue weighted by Gasteiger charge is -2.32. The molecule has 2 aliphatic heterocycles. The van der Waals surface area contributed by atoms with Gasteiger partial charge in [-0.1, -0.05) is 0 Å². The molecule has 24 heavy (non-hydrogen) atoms. The topological polar surface area (TPSA) is 114 Å². The van der Waals surface area contributed by atoms with Gasteiger partial charge in [-0.25, -0.2) is 0 Å². The number of fused-ring (bicyclic) bond motifs is 2. The van der Waals surface area contributed by atoms with Crippen LogP contribution < -0.4 is 10.6 Å². The standard InChI is InChI=1S/C18H20N2O4/c21-13-5-9-1-3-19-17(11(9)7-15(13)23)18-12-8-16(24)14(22)6-10(12)2-4-20-18/h5-8,17-24H,1-4H2/p+2/t17-,18-/m0/s1. The van der Waals surface area contributed by atoms with E-state index < -0.39 is 0 Å². The van der Waals surface area contributed by atoms with Crippen molar-refractivity contribution in [3.8, 4) is 23.0 Å². The molecular formula is C18H22N2O4+2. The van der Waals surface area contributed by atoms with Crippen molar-refractivity contribution >= 4 is 0 Å². The summed E-state index contributed by atoms with van der Waals surface area (Å²) in [5.41, 5.74) is 4.17. The maximum atomic E-state index is 9.92. The average molecular weight is 330 g/mol. The number of phenolic OH excluding ortho intramolecular Hbond substituents is 4. The Labute approximate surface area is 139 Å². The van der Waals surface area contributed by atoms with E-state index in [2.05, 4.69) is 10.6 Å². The van der Waals surface area contributed by atoms with Gasteiger partial charge in [0.1, 0.15) is 0 Å². The maximum absolute atomic E-state index is 9.92. The molecule has 8 N–H and O–H groups in total. The molecule has 0 saturated carbocycles. The fraction of sp³-hybridized carbons (Fsp3) is 0.333. The molecule has 2 aromatic carbocycles. The molecular weight excluding hydrogens is 308 g/mol. The second-order valence-electron chi connectivity index (χ2n) is 6.68. The van der Waals surface area contributed by atoms with Crippen LogP contribution in [0.2, 0.25) is 0 Å². The number of benzene rings is 2. The van der Waals surface area contributed by atoms with Crippen LogP contribution in [-0.4, -0.2) is 33.5 Å². The summed E-state index contributed by atoms with van der Waals surface area (Å²) in [6.45, 7) is 1.82. The molecule has 2 atom stereocenters. The molecule has 0 aliphatic carbocycles. The Morgan fingerprint density at radius 3 is 1.42 bits per heavy atom. The Morgan fingerprint density at radius 1 is 0.625 bits per heavy atom. The summed E-state index contributed by atoms with van der Waals surface area (Å²) in [7, 11) is 0. The van der Waals surface area contributed by atoms with Crippen molar-refractivity contribution in [1.82, 2.24) is 0 Å². The van der Waals surface area contributed by atoms with Crippen LogP contribution in [0.5, 0.6) is 23.0 Å². The molecule has 2 aliphatic rings. The van der Waals surface area contributed by atoms with E-state index in [9.17, 15) is 20.4 Å². The van der Waals surface area contributed by atoms with Gasteiger partial charge >= 0.3 is 0 Å². The van der Waals surface area contributed by atoms with Crippen LogP contribution in [0.3, 0.4) is 0 Å². The van der Waals surface area contributed by atoms with Crippen LogP contribution in [0.25, 0.3) is 0 Å². The highest BCUT2D eigenvalue weighted by Crippen LogP contribution is 2.39. The Morgan fingerprint density at radius 2 is 1.00 bits per heavy atom. The molecule has 126 valence electrons. The van der Waals surface area contributed by atoms with Crippen molar-refractivity contribution in [3.05, 3.63) is 46.5 Å². The van der Waals surface area contributed by atoms with Crippen molar-refractivity contribution in [2.24, 2.45) is 0 Å². The Hall–Kier alpha value is -2.44. The molecule has 0 bridgehead atoms. The predicted octanol–water partition coefficient (Wildman–Crippen LogP) is -0.470. The Kier molecular flexibility index (Phi) is 3.51. The van der Waals surface area contributed by atoms with E-state index in [-0.39, 0.29) is 35.1 Å². The monoisotopic (exact) mass is 330 g/mol. The zero-order valence-electron chi connectivity index (χ0n) is 13.2. The van der Waals surface area contributed by atoms with E-state index in [0.717, 1.165) is 48.2 Å². The second-order valence-corrected chi connectivity index (χ2v) is 6.68. The maximum Gasteiger partial charge on any atom is 0.169 e. The lowest BCUT2D eigenvalue weighted by Crippen LogP contribution is -2.97. The lowest BCUT2D eigenvalue weighted by atomic mass is 9.82. The van der Waals surface area contributed by atoms with Gasteiger partial charge in [0.05, 0.1) is 13.1 Å². The molecule has 0 saturated heterocycles. The quantitative estimate of drug-likeness (QED) is 0.397. The molecule has 0 amide bonds. The summed E-state index contributed by atoms with van der Waals surface area (Å²) in [6.07, 6.45) is 1.69. The fourth-order valence-electron chi connectivity index (χ4n) is 4.10. The first-order valence-electron chi connectivity index (χ1n) is 8.30. The van der Waals surface area contributed by atoms with Gasteiger partial charge in [0.25, 0.3) is 0 Å². The summed E-state index contributed by atoms with van der Waals surface area (Å²) >= 11 is 0. The molecule has 4 rings (SSSR count). The molecule has 0 fully saturated rings. The van der Waals surface area contributed by atoms with Crippen molar-refractivity contribution in [2.45, 2.75) is 24.9 Å². The number of hydrogen-bond donors (Lipinski definition) is 6. The minimum atomic E-state index is -0.0985. The van der Waals surface area contributed by atoms with Gasteiger partial charge in [-0.3, -0.25) is 0 Å². The van der Waals surface area contributed by atoms with Crippen molar-refractivity contribution in [2.75, 3.05) is 13.1 Å². The number of aromatic hydroxyl groups is 4. The molecule has 6 heteroatoms. The van der Waals surface area contributed by atoms with Crippen LogP contribution in [0, 0.1) is 0 Å². The number of rotatable bonds is 1. The molecule has 0 aromatic heterocycles. The van der Waals surface area contributed by atoms with Crippen LogP contribution in [0.1, 0.15) is 34.3 Å². The number of quaternary nitrogens is 2. The molecule has 0 spiro atoms. The fourth-order valence-corrected chi connectivity index (χ4v) is 4.10. The highest BCUT2D eigenvalue weighted by atomic mass is 16.3. The van der Waals surface area contributed by atoms with E-state index in [0.29, 0.717) is 0 Å². The normalized spacial score (nSPS) is 22.7. The number of phenols is 4. The van der Waals surface area contributed by atoms with Crippen LogP contribution in [-0.2, 0) is 12.8 Å². The third-order valence-electron chi connectivity index (χ3n) is 5.25. The smallest absolute Gasteiger partial charge is 0.169 e. The number of nitrogens with two attached hydrogens (primary N) is 2. The third kappa shape index (κ3) is 2.35. The Balaban J connectivity index is 1.80. The van der Waals surface area contributed by atoms with Gasteiger partial charge in [-0.15, -0.1) is 0 Å². The molecule has 0 unspecified atom stereocenters. The van der Waals surface area contributed by atoms with Crippen molar-refractivity contribution in [3.63, 3.8) is 0 Å². The van der Waals surface area contributed by atoms with Gasteiger partial charge in [0.15, 0.2) is 35.1 Å². The molecule has 2 aromatic rings. The SMILES string of the molecule is Oc1cc2c(cc1O)[C@@H]([C@H]1[NH2+]CCc3cc(O)c(O)cc31)[NH2+]CC2. The van der Waals surface area contributed by atoms with Crippen molar-refractivity contribution in [1.29, 1.82) is 0 Å². The number of hydrogen-bond acceptors (Lipinski definition) is 4. The average Bonchev–Trinajstić information content (AvgIpc) is 2.56. The highest BCUT2D eigenvalue weighted by Gasteiger charge is 2.39. The first-order chi connectivity index (χ1) is 11.5. The highest BCUT2D eigenvalue weighted by molar-refractivity contribution is 5.50. The van der Waals surface area contributed by atoms with Crippen LogP contribution >= 0.6 is 0 Å². The van der Waals surface area contributed by atoms with E-state index >= 15 is 0 Å². The van der Waals surface area contributed by atoms with Gasteiger partial charge in [0.2, 0.25) is 0 Å². The Bertz CT molecular complexity index is 739. The first-order valence-corrected chi connectivity index (χ1v) is 8.30. The van der Waals surface area contributed by atoms with Crippen LogP contribution in [0.15, 0.2) is 24.3 Å². The van der Waals surface area contributed by atoms with Gasteiger partial charge in [-0.05, 0) is 35.4 Å². The zero-order valence-corrected chi connectivity index (χ0v) is 13.2. The summed E-state index contributed by atoms with van der Waals surface area (Å²) in [5, 5.41) is 43.9. The minimum Gasteiger partial charge on any atom is -0.504 e.